The number of halogens is 4. The zero-order valence-electron chi connectivity index (χ0n) is 46.6. The molecule has 3 aliphatic heterocycles. The van der Waals surface area contributed by atoms with E-state index in [1.807, 2.05) is 9.80 Å². The van der Waals surface area contributed by atoms with Gasteiger partial charge < -0.3 is 97.3 Å². The van der Waals surface area contributed by atoms with Crippen LogP contribution in [0, 0.1) is 23.4 Å². The van der Waals surface area contributed by atoms with Crippen molar-refractivity contribution in [1.29, 1.82) is 0 Å². The minimum Gasteiger partial charge on any atom is -0.420 e. The minimum absolute atomic E-state index is 0.0652. The van der Waals surface area contributed by atoms with Crippen LogP contribution >= 0.6 is 26.8 Å². The van der Waals surface area contributed by atoms with Gasteiger partial charge in [-0.3, -0.25) is 23.7 Å². The number of rotatable bonds is 40. The average Bonchev–Trinajstić information content (AvgIpc) is 1.80. The third-order valence-electron chi connectivity index (χ3n) is 13.0. The lowest BCUT2D eigenvalue weighted by atomic mass is 10.0. The summed E-state index contributed by atoms with van der Waals surface area (Å²) in [5.41, 5.74) is 0.605. The molecule has 0 bridgehead atoms. The number of hydrogen-bond donors (Lipinski definition) is 6. The van der Waals surface area contributed by atoms with Crippen molar-refractivity contribution >= 4 is 67.4 Å². The Morgan fingerprint density at radius 1 is 0.788 bits per heavy atom. The minimum atomic E-state index is -4.90. The maximum Gasteiger partial charge on any atom is 0.340 e. The Balaban J connectivity index is 0.704. The second-order valence-electron chi connectivity index (χ2n) is 19.4. The number of hydrazone groups is 1. The fourth-order valence-electron chi connectivity index (χ4n) is 8.80. The highest BCUT2D eigenvalue weighted by Gasteiger charge is 2.46. The van der Waals surface area contributed by atoms with Crippen LogP contribution in [0.1, 0.15) is 25.5 Å². The van der Waals surface area contributed by atoms with Crippen LogP contribution in [-0.4, -0.2) is 267 Å². The van der Waals surface area contributed by atoms with Crippen molar-refractivity contribution in [3.05, 3.63) is 41.1 Å². The number of ether oxygens (including phenoxy) is 10. The Morgan fingerprint density at radius 2 is 1.38 bits per heavy atom. The molecule has 3 saturated heterocycles. The van der Waals surface area contributed by atoms with E-state index >= 15 is 0 Å². The summed E-state index contributed by atoms with van der Waals surface area (Å²) in [6.07, 6.45) is -1.95. The number of piperazine rings is 1. The number of aliphatic hydroxyl groups is 2. The summed E-state index contributed by atoms with van der Waals surface area (Å²) in [5.74, 6) is -0.927. The first-order chi connectivity index (χ1) is 40.8. The quantitative estimate of drug-likeness (QED) is 0.00668. The Hall–Kier alpha value is -4.45. The molecular formula is C49H74ClF3N10O20P2. The van der Waals surface area contributed by atoms with E-state index in [9.17, 15) is 47.0 Å². The van der Waals surface area contributed by atoms with Gasteiger partial charge in [0.2, 0.25) is 16.9 Å². The van der Waals surface area contributed by atoms with Gasteiger partial charge >= 0.3 is 21.2 Å². The number of fused-ring (bicyclic) bond motifs is 1. The summed E-state index contributed by atoms with van der Waals surface area (Å²) in [6, 6.07) is 0.825. The molecule has 3 aliphatic rings. The van der Waals surface area contributed by atoms with Gasteiger partial charge in [-0.1, -0.05) is 0 Å². The number of aliphatic hydroxyl groups excluding tert-OH is 2. The van der Waals surface area contributed by atoms with Crippen LogP contribution in [0.2, 0.25) is 5.28 Å². The van der Waals surface area contributed by atoms with Crippen LogP contribution in [0.5, 0.6) is 5.75 Å². The second-order valence-corrected chi connectivity index (χ2v) is 23.7. The van der Waals surface area contributed by atoms with Gasteiger partial charge in [0.15, 0.2) is 29.4 Å². The first-order valence-electron chi connectivity index (χ1n) is 27.2. The standard InChI is InChI=1S/C49H74ClF3N10O20P2/c50-49-57-46(37-29-56-63(47(37)58-49)48-44(67)43(66)40(82-48)32-81-85(71,72)33-84(68,69)70)62-7-5-61(6-8-62)41(64)25-34-1-4-60(30-34)9-12-75-15-18-78-21-22-79-23-24-80-31-36(59-54)28-55-3-11-74-14-17-77-20-19-76-16-13-73-10-2-42(65)83-45-38(52)26-35(51)27-39(45)53/h26-29,34,40,43-44,48,66-67H,1-25,30-33,54H2,(H,71,72)(H2,68,69,70)/b55-28?,59-36+/t34?,40-,43-,44-,48-/m1/s1. The average molecular weight is 1280 g/mol. The topological polar surface area (TPSA) is 375 Å². The van der Waals surface area contributed by atoms with Gasteiger partial charge in [0.05, 0.1) is 137 Å². The number of aliphatic imine (C=N–C) groups is 1. The highest BCUT2D eigenvalue weighted by molar-refractivity contribution is 7.70. The Morgan fingerprint density at radius 3 is 1.99 bits per heavy atom. The second kappa shape index (κ2) is 36.1. The molecule has 3 aromatic rings. The molecule has 1 amide bonds. The zero-order valence-corrected chi connectivity index (χ0v) is 49.1. The molecule has 2 unspecified atom stereocenters. The van der Waals surface area contributed by atoms with Crippen molar-refractivity contribution in [3.63, 3.8) is 0 Å². The van der Waals surface area contributed by atoms with E-state index in [-0.39, 0.29) is 55.6 Å². The molecule has 0 aliphatic carbocycles. The lowest BCUT2D eigenvalue weighted by molar-refractivity contribution is -0.136. The monoisotopic (exact) mass is 1280 g/mol. The third-order valence-corrected chi connectivity index (χ3v) is 16.6. The van der Waals surface area contributed by atoms with Gasteiger partial charge in [-0.2, -0.15) is 20.2 Å². The fourth-order valence-corrected chi connectivity index (χ4v) is 11.5. The van der Waals surface area contributed by atoms with E-state index in [0.717, 1.165) is 26.1 Å². The summed E-state index contributed by atoms with van der Waals surface area (Å²) in [7, 11) is -9.66. The number of hydrogen-bond acceptors (Lipinski definition) is 25. The van der Waals surface area contributed by atoms with Gasteiger partial charge in [-0.05, 0) is 30.5 Å². The normalized spacial score (nSPS) is 20.6. The van der Waals surface area contributed by atoms with Crippen molar-refractivity contribution in [1.82, 2.24) is 29.5 Å². The molecule has 85 heavy (non-hydrogen) atoms. The Bertz CT molecular complexity index is 2700. The van der Waals surface area contributed by atoms with Gasteiger partial charge in [0.1, 0.15) is 35.7 Å². The van der Waals surface area contributed by atoms with Crippen molar-refractivity contribution in [3.8, 4) is 5.75 Å². The molecule has 1 aromatic carbocycles. The zero-order chi connectivity index (χ0) is 61.2. The molecule has 0 radical (unpaired) electrons. The first-order valence-corrected chi connectivity index (χ1v) is 31.2. The smallest absolute Gasteiger partial charge is 0.340 e. The van der Waals surface area contributed by atoms with Gasteiger partial charge in [-0.25, -0.2) is 17.9 Å². The summed E-state index contributed by atoms with van der Waals surface area (Å²) < 4.78 is 124. The maximum absolute atomic E-state index is 13.6. The Labute approximate surface area is 492 Å². The molecule has 7 N–H and O–H groups in total. The molecule has 6 rings (SSSR count). The number of esters is 1. The predicted octanol–water partition coefficient (Wildman–Crippen LogP) is 0.728. The molecule has 36 heteroatoms. The largest absolute Gasteiger partial charge is 0.420 e. The maximum atomic E-state index is 13.6. The molecule has 6 atom stereocenters. The van der Waals surface area contributed by atoms with Gasteiger partial charge in [-0.15, -0.1) is 0 Å². The number of amides is 1. The van der Waals surface area contributed by atoms with E-state index in [0.29, 0.717) is 147 Å². The fraction of sp³-hybridized carbons (Fsp3) is 0.694. The number of benzene rings is 1. The van der Waals surface area contributed by atoms with E-state index < -0.39 is 81.4 Å². The number of anilines is 1. The van der Waals surface area contributed by atoms with E-state index in [1.165, 1.54) is 17.1 Å². The molecule has 0 saturated carbocycles. The third kappa shape index (κ3) is 24.2. The molecule has 3 fully saturated rings. The summed E-state index contributed by atoms with van der Waals surface area (Å²) >= 11 is 6.35. The van der Waals surface area contributed by atoms with Crippen molar-refractivity contribution in [2.24, 2.45) is 21.9 Å². The molecule has 2 aromatic heterocycles. The number of carbonyl (C=O) groups is 2. The van der Waals surface area contributed by atoms with E-state index in [1.54, 1.807) is 0 Å². The molecule has 30 nitrogen and oxygen atoms in total. The van der Waals surface area contributed by atoms with Gasteiger partial charge in [0, 0.05) is 64.0 Å². The SMILES string of the molecule is N/N=C(\C=NCCOCCOCCOCCOCCC(=O)Oc1c(F)cc(F)cc1F)COCCOCCOCCOCCN1CCC(CC(=O)N2CCN(c3nc(Cl)nc4c3cnn4[C@@H]3O[C@H](COP(=O)(O)CP(=O)(O)O)[C@@H](O)[C@H]3O)CC2)C1. The number of nitrogens with zero attached hydrogens (tertiary/aromatic N) is 9. The van der Waals surface area contributed by atoms with Gasteiger partial charge in [0.25, 0.3) is 0 Å². The van der Waals surface area contributed by atoms with Crippen molar-refractivity contribution < 1.29 is 109 Å². The van der Waals surface area contributed by atoms with Crippen LogP contribution in [0.4, 0.5) is 19.0 Å². The highest BCUT2D eigenvalue weighted by atomic mass is 35.5. The number of carbonyl (C=O) groups excluding carboxylic acids is 2. The number of nitrogens with two attached hydrogens (primary N) is 1. The summed E-state index contributed by atoms with van der Waals surface area (Å²) in [5, 5.41) is 29.8. The van der Waals surface area contributed by atoms with E-state index in [4.69, 9.17) is 74.4 Å². The highest BCUT2D eigenvalue weighted by Crippen LogP contribution is 2.55. The number of likely N-dealkylation sites (tertiary alicyclic amines) is 1. The lowest BCUT2D eigenvalue weighted by Gasteiger charge is -2.36. The van der Waals surface area contributed by atoms with Crippen LogP contribution in [0.15, 0.2) is 28.4 Å². The Kier molecular flexibility index (Phi) is 29.6. The number of aromatic nitrogens is 4. The molecular weight excluding hydrogens is 1200 g/mol. The van der Waals surface area contributed by atoms with Crippen LogP contribution in [0.25, 0.3) is 11.0 Å². The van der Waals surface area contributed by atoms with Crippen LogP contribution in [-0.2, 0) is 65.9 Å². The van der Waals surface area contributed by atoms with Crippen molar-refractivity contribution in [2.45, 2.75) is 43.8 Å². The van der Waals surface area contributed by atoms with E-state index in [2.05, 4.69) is 34.8 Å². The molecule has 478 valence electrons. The summed E-state index contributed by atoms with van der Waals surface area (Å²) in [6.45, 7) is 8.67. The van der Waals surface area contributed by atoms with Crippen LogP contribution in [0.3, 0.4) is 0 Å². The molecule has 5 heterocycles. The van der Waals surface area contributed by atoms with Crippen molar-refractivity contribution in [2.75, 3.05) is 175 Å². The molecule has 0 spiro atoms. The predicted molar refractivity (Wildman–Crippen MR) is 295 cm³/mol. The lowest BCUT2D eigenvalue weighted by Crippen LogP contribution is -2.49. The first kappa shape index (κ1) is 69.6. The summed E-state index contributed by atoms with van der Waals surface area (Å²) in [4.78, 5) is 72.2. The van der Waals surface area contributed by atoms with Crippen LogP contribution < -0.4 is 15.5 Å².